The number of hydrogen-bond acceptors (Lipinski definition) is 5. The molecule has 0 N–H and O–H groups in total. The van der Waals surface area contributed by atoms with Gasteiger partial charge in [0.25, 0.3) is 5.91 Å². The Kier molecular flexibility index (Phi) is 6.89. The van der Waals surface area contributed by atoms with Gasteiger partial charge < -0.3 is 4.74 Å². The molecule has 0 atom stereocenters. The van der Waals surface area contributed by atoms with Crippen molar-refractivity contribution >= 4 is 44.4 Å². The SMILES string of the molecule is CCOc1ccc2nc(N(Cc3ccccc3)C(=O)c3ccc(SCC)cc3)sc2c1. The van der Waals surface area contributed by atoms with E-state index in [0.29, 0.717) is 23.8 Å². The number of rotatable bonds is 8. The molecule has 4 aromatic rings. The zero-order valence-electron chi connectivity index (χ0n) is 17.6. The average Bonchev–Trinajstić information content (AvgIpc) is 3.22. The summed E-state index contributed by atoms with van der Waals surface area (Å²) in [5.41, 5.74) is 2.58. The van der Waals surface area contributed by atoms with Gasteiger partial charge in [-0.3, -0.25) is 9.69 Å². The summed E-state index contributed by atoms with van der Waals surface area (Å²) >= 11 is 3.27. The van der Waals surface area contributed by atoms with E-state index in [9.17, 15) is 4.79 Å². The van der Waals surface area contributed by atoms with E-state index in [-0.39, 0.29) is 5.91 Å². The lowest BCUT2D eigenvalue weighted by Crippen LogP contribution is -2.30. The Labute approximate surface area is 190 Å². The Bertz CT molecular complexity index is 1160. The molecule has 3 aromatic carbocycles. The van der Waals surface area contributed by atoms with Crippen LogP contribution in [0.1, 0.15) is 29.8 Å². The molecule has 0 radical (unpaired) electrons. The molecule has 0 aliphatic carbocycles. The van der Waals surface area contributed by atoms with E-state index < -0.39 is 0 Å². The summed E-state index contributed by atoms with van der Waals surface area (Å²) in [4.78, 5) is 21.2. The molecule has 0 saturated heterocycles. The number of carbonyl (C=O) groups is 1. The molecule has 1 aromatic heterocycles. The maximum absolute atomic E-state index is 13.5. The molecule has 0 unspecified atom stereocenters. The largest absolute Gasteiger partial charge is 0.494 e. The van der Waals surface area contributed by atoms with Gasteiger partial charge in [0.2, 0.25) is 0 Å². The van der Waals surface area contributed by atoms with E-state index in [0.717, 1.165) is 32.2 Å². The van der Waals surface area contributed by atoms with Crippen LogP contribution in [0.5, 0.6) is 5.75 Å². The third-order valence-corrected chi connectivity index (χ3v) is 6.67. The van der Waals surface area contributed by atoms with Crippen LogP contribution in [0.25, 0.3) is 10.2 Å². The van der Waals surface area contributed by atoms with Gasteiger partial charge in [-0.25, -0.2) is 4.98 Å². The molecule has 0 aliphatic heterocycles. The fourth-order valence-electron chi connectivity index (χ4n) is 3.27. The van der Waals surface area contributed by atoms with Crippen molar-refractivity contribution in [3.8, 4) is 5.75 Å². The Morgan fingerprint density at radius 2 is 1.81 bits per heavy atom. The number of benzene rings is 3. The maximum Gasteiger partial charge on any atom is 0.260 e. The van der Waals surface area contributed by atoms with Crippen LogP contribution >= 0.6 is 23.1 Å². The highest BCUT2D eigenvalue weighted by molar-refractivity contribution is 7.99. The van der Waals surface area contributed by atoms with Crippen molar-refractivity contribution in [3.63, 3.8) is 0 Å². The number of thioether (sulfide) groups is 1. The Morgan fingerprint density at radius 3 is 2.52 bits per heavy atom. The van der Waals surface area contributed by atoms with E-state index in [1.54, 1.807) is 16.7 Å². The summed E-state index contributed by atoms with van der Waals surface area (Å²) in [5, 5.41) is 0.685. The zero-order valence-corrected chi connectivity index (χ0v) is 19.2. The topological polar surface area (TPSA) is 42.4 Å². The van der Waals surface area contributed by atoms with E-state index in [1.807, 2.05) is 79.7 Å². The van der Waals surface area contributed by atoms with Gasteiger partial charge in [0.05, 0.1) is 23.4 Å². The smallest absolute Gasteiger partial charge is 0.260 e. The number of ether oxygens (including phenoxy) is 1. The Morgan fingerprint density at radius 1 is 1.03 bits per heavy atom. The van der Waals surface area contributed by atoms with E-state index in [4.69, 9.17) is 9.72 Å². The van der Waals surface area contributed by atoms with Crippen LogP contribution in [0.2, 0.25) is 0 Å². The molecule has 31 heavy (non-hydrogen) atoms. The first kappa shape index (κ1) is 21.4. The first-order valence-corrected chi connectivity index (χ1v) is 12.1. The third kappa shape index (κ3) is 5.09. The van der Waals surface area contributed by atoms with Gasteiger partial charge >= 0.3 is 0 Å². The highest BCUT2D eigenvalue weighted by atomic mass is 32.2. The highest BCUT2D eigenvalue weighted by Gasteiger charge is 2.22. The highest BCUT2D eigenvalue weighted by Crippen LogP contribution is 2.33. The minimum atomic E-state index is -0.0546. The molecule has 0 spiro atoms. The fraction of sp³-hybridized carbons (Fsp3) is 0.200. The quantitative estimate of drug-likeness (QED) is 0.283. The zero-order chi connectivity index (χ0) is 21.6. The summed E-state index contributed by atoms with van der Waals surface area (Å²) in [6.07, 6.45) is 0. The van der Waals surface area contributed by atoms with Gasteiger partial charge in [0.15, 0.2) is 5.13 Å². The van der Waals surface area contributed by atoms with Gasteiger partial charge in [0, 0.05) is 10.5 Å². The molecule has 4 nitrogen and oxygen atoms in total. The first-order chi connectivity index (χ1) is 15.2. The minimum absolute atomic E-state index is 0.0546. The van der Waals surface area contributed by atoms with Gasteiger partial charge in [-0.05, 0) is 60.7 Å². The Balaban J connectivity index is 1.70. The second kappa shape index (κ2) is 9.98. The van der Waals surface area contributed by atoms with E-state index in [2.05, 4.69) is 6.92 Å². The number of amides is 1. The number of aromatic nitrogens is 1. The van der Waals surface area contributed by atoms with Crippen molar-refractivity contribution < 1.29 is 9.53 Å². The molecule has 0 fully saturated rings. The van der Waals surface area contributed by atoms with Crippen LogP contribution in [0.15, 0.2) is 77.7 Å². The van der Waals surface area contributed by atoms with Crippen molar-refractivity contribution in [3.05, 3.63) is 83.9 Å². The van der Waals surface area contributed by atoms with Gasteiger partial charge in [0.1, 0.15) is 5.75 Å². The number of thiazole rings is 1. The number of nitrogens with zero attached hydrogens (tertiary/aromatic N) is 2. The van der Waals surface area contributed by atoms with Crippen molar-refractivity contribution in [2.45, 2.75) is 25.3 Å². The minimum Gasteiger partial charge on any atom is -0.494 e. The van der Waals surface area contributed by atoms with Gasteiger partial charge in [-0.15, -0.1) is 11.8 Å². The van der Waals surface area contributed by atoms with E-state index in [1.165, 1.54) is 11.3 Å². The summed E-state index contributed by atoms with van der Waals surface area (Å²) < 4.78 is 6.62. The van der Waals surface area contributed by atoms with Crippen LogP contribution in [-0.2, 0) is 6.54 Å². The second-order valence-corrected chi connectivity index (χ2v) is 9.24. The molecule has 0 saturated carbocycles. The summed E-state index contributed by atoms with van der Waals surface area (Å²) in [6, 6.07) is 23.7. The maximum atomic E-state index is 13.5. The molecule has 158 valence electrons. The number of fused-ring (bicyclic) bond motifs is 1. The number of carbonyl (C=O) groups excluding carboxylic acids is 1. The monoisotopic (exact) mass is 448 g/mol. The third-order valence-electron chi connectivity index (χ3n) is 4.73. The normalized spacial score (nSPS) is 10.9. The van der Waals surface area contributed by atoms with Crippen LogP contribution < -0.4 is 9.64 Å². The van der Waals surface area contributed by atoms with Crippen LogP contribution in [-0.4, -0.2) is 23.3 Å². The summed E-state index contributed by atoms with van der Waals surface area (Å²) in [6.45, 7) is 5.16. The predicted molar refractivity (Wildman–Crippen MR) is 131 cm³/mol. The molecule has 1 amide bonds. The van der Waals surface area contributed by atoms with Crippen molar-refractivity contribution in [2.75, 3.05) is 17.3 Å². The second-order valence-electron chi connectivity index (χ2n) is 6.89. The standard InChI is InChI=1S/C25H24N2O2S2/c1-3-29-20-12-15-22-23(16-20)31-25(26-22)27(17-18-8-6-5-7-9-18)24(28)19-10-13-21(14-11-19)30-4-2/h5-16H,3-4,17H2,1-2H3. The van der Waals surface area contributed by atoms with Crippen LogP contribution in [0.4, 0.5) is 5.13 Å². The number of anilines is 1. The molecular weight excluding hydrogens is 424 g/mol. The average molecular weight is 449 g/mol. The lowest BCUT2D eigenvalue weighted by Gasteiger charge is -2.20. The lowest BCUT2D eigenvalue weighted by molar-refractivity contribution is 0.0985. The molecule has 1 heterocycles. The summed E-state index contributed by atoms with van der Waals surface area (Å²) in [5.74, 6) is 1.76. The predicted octanol–water partition coefficient (Wildman–Crippen LogP) is 6.65. The Hall–Kier alpha value is -2.83. The summed E-state index contributed by atoms with van der Waals surface area (Å²) in [7, 11) is 0. The van der Waals surface area contributed by atoms with Crippen molar-refractivity contribution in [1.82, 2.24) is 4.98 Å². The molecule has 0 aliphatic rings. The molecule has 4 rings (SSSR count). The lowest BCUT2D eigenvalue weighted by atomic mass is 10.1. The number of hydrogen-bond donors (Lipinski definition) is 0. The first-order valence-electron chi connectivity index (χ1n) is 10.3. The van der Waals surface area contributed by atoms with Crippen molar-refractivity contribution in [1.29, 1.82) is 0 Å². The molecular formula is C25H24N2O2S2. The van der Waals surface area contributed by atoms with Crippen LogP contribution in [0, 0.1) is 0 Å². The van der Waals surface area contributed by atoms with Crippen LogP contribution in [0.3, 0.4) is 0 Å². The van der Waals surface area contributed by atoms with Gasteiger partial charge in [-0.1, -0.05) is 48.6 Å². The van der Waals surface area contributed by atoms with Gasteiger partial charge in [-0.2, -0.15) is 0 Å². The van der Waals surface area contributed by atoms with Crippen molar-refractivity contribution in [2.24, 2.45) is 0 Å². The fourth-order valence-corrected chi connectivity index (χ4v) is 4.93. The molecule has 6 heteroatoms. The van der Waals surface area contributed by atoms with E-state index >= 15 is 0 Å². The molecule has 0 bridgehead atoms.